The Balaban J connectivity index is 1.99. The number of nitrogens with two attached hydrogens (primary N) is 1. The topological polar surface area (TPSA) is 85.5 Å². The number of Topliss-reactive ketones (excluding diaryl/α,β-unsaturated/α-hetero) is 1. The normalized spacial score (nSPS) is 19.3. The lowest BCUT2D eigenvalue weighted by atomic mass is 9.75. The second-order valence-corrected chi connectivity index (χ2v) is 7.40. The fraction of sp³-hybridized carbons (Fsp3) is 0.227. The van der Waals surface area contributed by atoms with Gasteiger partial charge in [0.25, 0.3) is 0 Å². The molecule has 148 valence electrons. The van der Waals surface area contributed by atoms with E-state index in [1.807, 2.05) is 18.2 Å². The summed E-state index contributed by atoms with van der Waals surface area (Å²) in [6.45, 7) is 0. The third-order valence-corrected chi connectivity index (χ3v) is 5.55. The molecule has 6 nitrogen and oxygen atoms in total. The number of halogens is 1. The standard InChI is InChI=1S/C22H20ClN3O3/c1-29-22(28)20-18(13-4-3-11-25-12-13)19-16(5-2-6-17(19)27)26(21(20)24)15-9-7-14(23)8-10-15/h3-4,7-12,18H,2,5-6,24H2,1H3/t18-/m1/s1. The summed E-state index contributed by atoms with van der Waals surface area (Å²) in [4.78, 5) is 31.8. The van der Waals surface area contributed by atoms with E-state index in [0.29, 0.717) is 23.4 Å². The molecule has 2 aromatic rings. The molecule has 0 saturated heterocycles. The molecule has 0 spiro atoms. The van der Waals surface area contributed by atoms with Crippen molar-refractivity contribution in [3.05, 3.63) is 82.0 Å². The fourth-order valence-corrected chi connectivity index (χ4v) is 4.19. The molecule has 1 atom stereocenters. The smallest absolute Gasteiger partial charge is 0.338 e. The summed E-state index contributed by atoms with van der Waals surface area (Å²) < 4.78 is 5.05. The van der Waals surface area contributed by atoms with Crippen molar-refractivity contribution in [1.82, 2.24) is 4.98 Å². The lowest BCUT2D eigenvalue weighted by Crippen LogP contribution is -2.40. The van der Waals surface area contributed by atoms with E-state index in [-0.39, 0.29) is 17.2 Å². The summed E-state index contributed by atoms with van der Waals surface area (Å²) in [6.07, 6.45) is 5.14. The molecular weight excluding hydrogens is 390 g/mol. The third-order valence-electron chi connectivity index (χ3n) is 5.30. The Morgan fingerprint density at radius 1 is 1.24 bits per heavy atom. The van der Waals surface area contributed by atoms with Gasteiger partial charge in [-0.3, -0.25) is 14.7 Å². The van der Waals surface area contributed by atoms with E-state index in [0.717, 1.165) is 23.4 Å². The third kappa shape index (κ3) is 3.29. The minimum Gasteiger partial charge on any atom is -0.466 e. The first kappa shape index (κ1) is 19.2. The molecule has 0 bridgehead atoms. The van der Waals surface area contributed by atoms with E-state index in [9.17, 15) is 9.59 Å². The van der Waals surface area contributed by atoms with Crippen LogP contribution in [-0.2, 0) is 14.3 Å². The number of esters is 1. The number of ether oxygens (including phenoxy) is 1. The van der Waals surface area contributed by atoms with Gasteiger partial charge in [-0.05, 0) is 48.7 Å². The first-order valence-electron chi connectivity index (χ1n) is 9.32. The molecule has 1 aromatic carbocycles. The summed E-state index contributed by atoms with van der Waals surface area (Å²) in [6, 6.07) is 10.8. The average Bonchev–Trinajstić information content (AvgIpc) is 2.74. The first-order valence-corrected chi connectivity index (χ1v) is 9.70. The van der Waals surface area contributed by atoms with E-state index in [1.165, 1.54) is 7.11 Å². The molecular formula is C22H20ClN3O3. The number of aromatic nitrogens is 1. The van der Waals surface area contributed by atoms with Crippen LogP contribution in [0.1, 0.15) is 30.7 Å². The maximum Gasteiger partial charge on any atom is 0.338 e. The van der Waals surface area contributed by atoms with Gasteiger partial charge in [0.15, 0.2) is 5.78 Å². The largest absolute Gasteiger partial charge is 0.466 e. The Hall–Kier alpha value is -3.12. The van der Waals surface area contributed by atoms with Gasteiger partial charge in [-0.15, -0.1) is 0 Å². The van der Waals surface area contributed by atoms with E-state index in [1.54, 1.807) is 35.5 Å². The van der Waals surface area contributed by atoms with Gasteiger partial charge in [0.05, 0.1) is 18.6 Å². The number of hydrogen-bond acceptors (Lipinski definition) is 6. The lowest BCUT2D eigenvalue weighted by Gasteiger charge is -2.40. The second kappa shape index (κ2) is 7.72. The van der Waals surface area contributed by atoms with Crippen molar-refractivity contribution in [2.24, 2.45) is 5.73 Å². The molecule has 1 aliphatic carbocycles. The monoisotopic (exact) mass is 409 g/mol. The van der Waals surface area contributed by atoms with Gasteiger partial charge in [-0.25, -0.2) is 4.79 Å². The van der Waals surface area contributed by atoms with Crippen molar-refractivity contribution in [1.29, 1.82) is 0 Å². The van der Waals surface area contributed by atoms with Crippen LogP contribution in [0.4, 0.5) is 5.69 Å². The Morgan fingerprint density at radius 3 is 2.66 bits per heavy atom. The van der Waals surface area contributed by atoms with Gasteiger partial charge in [0, 0.05) is 40.8 Å². The predicted octanol–water partition coefficient (Wildman–Crippen LogP) is 3.69. The van der Waals surface area contributed by atoms with Crippen molar-refractivity contribution < 1.29 is 14.3 Å². The molecule has 7 heteroatoms. The van der Waals surface area contributed by atoms with Gasteiger partial charge < -0.3 is 10.5 Å². The Kier molecular flexibility index (Phi) is 5.11. The summed E-state index contributed by atoms with van der Waals surface area (Å²) >= 11 is 6.04. The van der Waals surface area contributed by atoms with Gasteiger partial charge in [0.1, 0.15) is 5.82 Å². The molecule has 2 N–H and O–H groups in total. The molecule has 0 saturated carbocycles. The molecule has 1 aliphatic heterocycles. The summed E-state index contributed by atoms with van der Waals surface area (Å²) in [5.74, 6) is -0.919. The Morgan fingerprint density at radius 2 is 2.00 bits per heavy atom. The van der Waals surface area contributed by atoms with Gasteiger partial charge in [0.2, 0.25) is 0 Å². The van der Waals surface area contributed by atoms with Crippen LogP contribution in [-0.4, -0.2) is 23.8 Å². The van der Waals surface area contributed by atoms with E-state index < -0.39 is 11.9 Å². The average molecular weight is 410 g/mol. The molecule has 2 aliphatic rings. The second-order valence-electron chi connectivity index (χ2n) is 6.96. The van der Waals surface area contributed by atoms with Crippen molar-refractivity contribution in [3.63, 3.8) is 0 Å². The van der Waals surface area contributed by atoms with Crippen LogP contribution < -0.4 is 10.6 Å². The maximum atomic E-state index is 13.1. The first-order chi connectivity index (χ1) is 14.0. The lowest BCUT2D eigenvalue weighted by molar-refractivity contribution is -0.136. The quantitative estimate of drug-likeness (QED) is 0.778. The number of benzene rings is 1. The molecule has 0 fully saturated rings. The SMILES string of the molecule is COC(=O)C1=C(N)N(c2ccc(Cl)cc2)C2=C(C(=O)CCC2)[C@H]1c1cccnc1. The van der Waals surface area contributed by atoms with Crippen LogP contribution >= 0.6 is 11.6 Å². The van der Waals surface area contributed by atoms with Crippen LogP contribution in [0.2, 0.25) is 5.02 Å². The molecule has 4 rings (SSSR count). The van der Waals surface area contributed by atoms with Crippen LogP contribution in [0.15, 0.2) is 71.5 Å². The highest BCUT2D eigenvalue weighted by atomic mass is 35.5. The van der Waals surface area contributed by atoms with E-state index in [2.05, 4.69) is 4.98 Å². The van der Waals surface area contributed by atoms with Gasteiger partial charge in [-0.2, -0.15) is 0 Å². The van der Waals surface area contributed by atoms with Gasteiger partial charge in [-0.1, -0.05) is 17.7 Å². The number of allylic oxidation sites excluding steroid dienone is 2. The van der Waals surface area contributed by atoms with Crippen LogP contribution in [0, 0.1) is 0 Å². The van der Waals surface area contributed by atoms with Crippen molar-refractivity contribution in [2.45, 2.75) is 25.2 Å². The fourth-order valence-electron chi connectivity index (χ4n) is 4.06. The molecule has 0 amide bonds. The molecule has 29 heavy (non-hydrogen) atoms. The number of carbonyl (C=O) groups is 2. The number of nitrogens with zero attached hydrogens (tertiary/aromatic N) is 2. The number of rotatable bonds is 3. The number of pyridine rings is 1. The molecule has 0 unspecified atom stereocenters. The zero-order valence-corrected chi connectivity index (χ0v) is 16.6. The number of hydrogen-bond donors (Lipinski definition) is 1. The van der Waals surface area contributed by atoms with E-state index in [4.69, 9.17) is 22.1 Å². The Labute approximate surface area is 173 Å². The van der Waals surface area contributed by atoms with Gasteiger partial charge >= 0.3 is 5.97 Å². The highest BCUT2D eigenvalue weighted by molar-refractivity contribution is 6.30. The molecule has 0 radical (unpaired) electrons. The predicted molar refractivity (Wildman–Crippen MR) is 110 cm³/mol. The minimum absolute atomic E-state index is 0.00738. The summed E-state index contributed by atoms with van der Waals surface area (Å²) in [7, 11) is 1.31. The minimum atomic E-state index is -0.609. The van der Waals surface area contributed by atoms with Crippen LogP contribution in [0.25, 0.3) is 0 Å². The van der Waals surface area contributed by atoms with Crippen molar-refractivity contribution in [3.8, 4) is 0 Å². The van der Waals surface area contributed by atoms with Crippen molar-refractivity contribution >= 4 is 29.0 Å². The molecule has 2 heterocycles. The van der Waals surface area contributed by atoms with Crippen molar-refractivity contribution in [2.75, 3.05) is 12.0 Å². The Bertz CT molecular complexity index is 1030. The highest BCUT2D eigenvalue weighted by Gasteiger charge is 2.43. The summed E-state index contributed by atoms with van der Waals surface area (Å²) in [5, 5.41) is 0.587. The summed E-state index contributed by atoms with van der Waals surface area (Å²) in [5.41, 5.74) is 9.65. The number of methoxy groups -OCH3 is 1. The highest BCUT2D eigenvalue weighted by Crippen LogP contribution is 2.46. The number of ketones is 1. The van der Waals surface area contributed by atoms with Crippen LogP contribution in [0.3, 0.4) is 0 Å². The zero-order valence-electron chi connectivity index (χ0n) is 15.9. The number of carbonyl (C=O) groups excluding carboxylic acids is 2. The van der Waals surface area contributed by atoms with Crippen LogP contribution in [0.5, 0.6) is 0 Å². The molecule has 1 aromatic heterocycles. The van der Waals surface area contributed by atoms with E-state index >= 15 is 0 Å². The number of anilines is 1. The maximum absolute atomic E-state index is 13.1. The zero-order chi connectivity index (χ0) is 20.5.